The molecule has 0 saturated carbocycles. The predicted octanol–water partition coefficient (Wildman–Crippen LogP) is 2.78. The lowest BCUT2D eigenvalue weighted by molar-refractivity contribution is 0.0957. The summed E-state index contributed by atoms with van der Waals surface area (Å²) in [6, 6.07) is 12.4. The quantitative estimate of drug-likeness (QED) is 0.682. The van der Waals surface area contributed by atoms with E-state index in [-0.39, 0.29) is 11.5 Å². The van der Waals surface area contributed by atoms with Crippen molar-refractivity contribution in [3.8, 4) is 0 Å². The molecule has 5 nitrogen and oxygen atoms in total. The fraction of sp³-hybridized carbons (Fsp3) is 0.176. The van der Waals surface area contributed by atoms with Crippen LogP contribution >= 0.6 is 11.8 Å². The van der Waals surface area contributed by atoms with Gasteiger partial charge in [-0.25, -0.2) is 0 Å². The van der Waals surface area contributed by atoms with Gasteiger partial charge in [0.15, 0.2) is 0 Å². The Bertz CT molecular complexity index is 856. The van der Waals surface area contributed by atoms with Crippen LogP contribution in [0.15, 0.2) is 57.9 Å². The lowest BCUT2D eigenvalue weighted by atomic mass is 10.1. The summed E-state index contributed by atoms with van der Waals surface area (Å²) in [7, 11) is 0. The number of amides is 1. The maximum absolute atomic E-state index is 12.3. The van der Waals surface area contributed by atoms with Crippen molar-refractivity contribution in [2.75, 3.05) is 12.3 Å². The van der Waals surface area contributed by atoms with Gasteiger partial charge in [0.2, 0.25) is 5.56 Å². The van der Waals surface area contributed by atoms with Gasteiger partial charge in [-0.05, 0) is 18.2 Å². The van der Waals surface area contributed by atoms with E-state index in [1.807, 2.05) is 30.3 Å². The number of H-pyrrole nitrogens is 1. The van der Waals surface area contributed by atoms with E-state index >= 15 is 0 Å². The number of pyridine rings is 1. The number of hydrogen-bond donors (Lipinski definition) is 2. The Kier molecular flexibility index (Phi) is 4.83. The van der Waals surface area contributed by atoms with Crippen LogP contribution in [0.5, 0.6) is 0 Å². The first-order chi connectivity index (χ1) is 11.2. The topological polar surface area (TPSA) is 75.1 Å². The van der Waals surface area contributed by atoms with Gasteiger partial charge in [-0.3, -0.25) is 9.59 Å². The highest BCUT2D eigenvalue weighted by atomic mass is 32.2. The van der Waals surface area contributed by atoms with Crippen molar-refractivity contribution in [2.45, 2.75) is 5.75 Å². The second kappa shape index (κ2) is 7.19. The zero-order chi connectivity index (χ0) is 16.1. The minimum atomic E-state index is -0.277. The molecule has 0 fully saturated rings. The van der Waals surface area contributed by atoms with Gasteiger partial charge in [0.1, 0.15) is 5.76 Å². The van der Waals surface area contributed by atoms with Crippen molar-refractivity contribution in [3.63, 3.8) is 0 Å². The number of hydrogen-bond acceptors (Lipinski definition) is 4. The van der Waals surface area contributed by atoms with Crippen LogP contribution in [0.2, 0.25) is 0 Å². The van der Waals surface area contributed by atoms with Gasteiger partial charge in [0.05, 0.1) is 17.6 Å². The van der Waals surface area contributed by atoms with Crippen LogP contribution in [0.25, 0.3) is 10.9 Å². The number of furan rings is 1. The molecule has 0 radical (unpaired) electrons. The van der Waals surface area contributed by atoms with Crippen molar-refractivity contribution in [2.24, 2.45) is 0 Å². The number of rotatable bonds is 6. The summed E-state index contributed by atoms with van der Waals surface area (Å²) in [5.41, 5.74) is 0.791. The standard InChI is InChI=1S/C17H16N2O3S/c20-16-10-14(13-5-1-2-6-15(13)19-16)17(21)18-7-9-23-11-12-4-3-8-22-12/h1-6,8,10H,7,9,11H2,(H,18,21)(H,19,20). The molecule has 0 unspecified atom stereocenters. The minimum absolute atomic E-state index is 0.231. The summed E-state index contributed by atoms with van der Waals surface area (Å²) in [5.74, 6) is 2.23. The van der Waals surface area contributed by atoms with E-state index in [0.717, 1.165) is 22.7 Å². The third-order valence-corrected chi connectivity index (χ3v) is 4.33. The van der Waals surface area contributed by atoms with E-state index < -0.39 is 0 Å². The Balaban J connectivity index is 1.59. The van der Waals surface area contributed by atoms with Crippen molar-refractivity contribution >= 4 is 28.6 Å². The molecule has 0 aliphatic heterocycles. The van der Waals surface area contributed by atoms with Crippen LogP contribution in [0, 0.1) is 0 Å². The monoisotopic (exact) mass is 328 g/mol. The number of benzene rings is 1. The number of para-hydroxylation sites is 1. The summed E-state index contributed by atoms with van der Waals surface area (Å²) >= 11 is 1.68. The molecule has 3 aromatic rings. The fourth-order valence-corrected chi connectivity index (χ4v) is 3.05. The van der Waals surface area contributed by atoms with Crippen LogP contribution < -0.4 is 10.9 Å². The highest BCUT2D eigenvalue weighted by Crippen LogP contribution is 2.15. The molecule has 0 saturated heterocycles. The molecule has 0 atom stereocenters. The molecule has 3 rings (SSSR count). The zero-order valence-corrected chi connectivity index (χ0v) is 13.2. The SMILES string of the molecule is O=C(NCCSCc1ccco1)c1cc(=O)[nH]c2ccccc12. The van der Waals surface area contributed by atoms with E-state index in [1.54, 1.807) is 24.1 Å². The first-order valence-corrected chi connectivity index (χ1v) is 8.40. The van der Waals surface area contributed by atoms with Gasteiger partial charge < -0.3 is 14.7 Å². The van der Waals surface area contributed by atoms with Gasteiger partial charge in [-0.1, -0.05) is 18.2 Å². The highest BCUT2D eigenvalue weighted by Gasteiger charge is 2.10. The average molecular weight is 328 g/mol. The molecule has 1 aromatic carbocycles. The van der Waals surface area contributed by atoms with Crippen LogP contribution in [-0.2, 0) is 5.75 Å². The third kappa shape index (κ3) is 3.84. The first-order valence-electron chi connectivity index (χ1n) is 7.24. The molecule has 0 bridgehead atoms. The lowest BCUT2D eigenvalue weighted by Crippen LogP contribution is -2.27. The number of nitrogens with one attached hydrogen (secondary N) is 2. The summed E-state index contributed by atoms with van der Waals surface area (Å²) in [4.78, 5) is 26.7. The molecular weight excluding hydrogens is 312 g/mol. The molecule has 2 N–H and O–H groups in total. The number of carbonyl (C=O) groups excluding carboxylic acids is 1. The molecule has 0 aliphatic carbocycles. The maximum Gasteiger partial charge on any atom is 0.252 e. The Morgan fingerprint density at radius 3 is 2.91 bits per heavy atom. The molecule has 1 amide bonds. The van der Waals surface area contributed by atoms with E-state index in [9.17, 15) is 9.59 Å². The molecule has 0 aliphatic rings. The van der Waals surface area contributed by atoms with Crippen LogP contribution in [0.4, 0.5) is 0 Å². The molecule has 6 heteroatoms. The molecule has 2 aromatic heterocycles. The van der Waals surface area contributed by atoms with Gasteiger partial charge in [-0.15, -0.1) is 0 Å². The number of thioether (sulfide) groups is 1. The smallest absolute Gasteiger partial charge is 0.252 e. The summed E-state index contributed by atoms with van der Waals surface area (Å²) in [6.07, 6.45) is 1.65. The normalized spacial score (nSPS) is 10.8. The van der Waals surface area contributed by atoms with E-state index in [4.69, 9.17) is 4.42 Å². The van der Waals surface area contributed by atoms with Crippen molar-refractivity contribution in [3.05, 3.63) is 70.4 Å². The number of aromatic nitrogens is 1. The number of carbonyl (C=O) groups is 1. The van der Waals surface area contributed by atoms with Crippen molar-refractivity contribution < 1.29 is 9.21 Å². The second-order valence-electron chi connectivity index (χ2n) is 4.98. The zero-order valence-electron chi connectivity index (χ0n) is 12.4. The van der Waals surface area contributed by atoms with E-state index in [1.165, 1.54) is 6.07 Å². The van der Waals surface area contributed by atoms with E-state index in [0.29, 0.717) is 17.6 Å². The Labute approximate surface area is 137 Å². The summed E-state index contributed by atoms with van der Waals surface area (Å²) < 4.78 is 5.25. The molecule has 0 spiro atoms. The predicted molar refractivity (Wildman–Crippen MR) is 91.8 cm³/mol. The van der Waals surface area contributed by atoms with E-state index in [2.05, 4.69) is 10.3 Å². The van der Waals surface area contributed by atoms with Crippen LogP contribution in [0.3, 0.4) is 0 Å². The number of aromatic amines is 1. The van der Waals surface area contributed by atoms with Crippen LogP contribution in [-0.4, -0.2) is 23.2 Å². The first kappa shape index (κ1) is 15.4. The largest absolute Gasteiger partial charge is 0.468 e. The maximum atomic E-state index is 12.3. The second-order valence-corrected chi connectivity index (χ2v) is 6.09. The van der Waals surface area contributed by atoms with Gasteiger partial charge in [-0.2, -0.15) is 11.8 Å². The average Bonchev–Trinajstić information content (AvgIpc) is 3.07. The van der Waals surface area contributed by atoms with Gasteiger partial charge in [0.25, 0.3) is 5.91 Å². The molecular formula is C17H16N2O3S. The fourth-order valence-electron chi connectivity index (χ4n) is 2.29. The summed E-state index contributed by atoms with van der Waals surface area (Å²) in [5, 5.41) is 3.60. The Morgan fingerprint density at radius 1 is 1.22 bits per heavy atom. The van der Waals surface area contributed by atoms with Crippen molar-refractivity contribution in [1.82, 2.24) is 10.3 Å². The van der Waals surface area contributed by atoms with Gasteiger partial charge in [0, 0.05) is 29.3 Å². The summed E-state index contributed by atoms with van der Waals surface area (Å²) in [6.45, 7) is 0.533. The molecule has 2 heterocycles. The molecule has 23 heavy (non-hydrogen) atoms. The minimum Gasteiger partial charge on any atom is -0.468 e. The lowest BCUT2D eigenvalue weighted by Gasteiger charge is -2.07. The Hall–Kier alpha value is -2.47. The number of fused-ring (bicyclic) bond motifs is 1. The highest BCUT2D eigenvalue weighted by molar-refractivity contribution is 7.98. The third-order valence-electron chi connectivity index (χ3n) is 3.35. The van der Waals surface area contributed by atoms with Crippen LogP contribution in [0.1, 0.15) is 16.1 Å². The van der Waals surface area contributed by atoms with Gasteiger partial charge >= 0.3 is 0 Å². The Morgan fingerprint density at radius 2 is 2.09 bits per heavy atom. The van der Waals surface area contributed by atoms with Crippen molar-refractivity contribution in [1.29, 1.82) is 0 Å². The molecule has 118 valence electrons.